The molecule has 2 heterocycles. The fraction of sp³-hybridized carbons (Fsp3) is 0.423. The van der Waals surface area contributed by atoms with Gasteiger partial charge in [-0.1, -0.05) is 58.2 Å². The number of alkyl halides is 1. The second-order valence-electron chi connectivity index (χ2n) is 9.22. The van der Waals surface area contributed by atoms with E-state index in [2.05, 4.69) is 34.0 Å². The van der Waals surface area contributed by atoms with Gasteiger partial charge < -0.3 is 14.8 Å². The zero-order chi connectivity index (χ0) is 26.7. The number of aromatic nitrogens is 1. The predicted molar refractivity (Wildman–Crippen MR) is 155 cm³/mol. The highest BCUT2D eigenvalue weighted by molar-refractivity contribution is 14.1. The molecule has 8 nitrogen and oxygen atoms in total. The lowest BCUT2D eigenvalue weighted by molar-refractivity contribution is -0.131. The summed E-state index contributed by atoms with van der Waals surface area (Å²) < 4.78 is 28.7. The van der Waals surface area contributed by atoms with Crippen molar-refractivity contribution >= 4 is 66.4 Å². The highest BCUT2D eigenvalue weighted by Gasteiger charge is 2.25. The normalized spacial score (nSPS) is 15.4. The molecule has 37 heavy (non-hydrogen) atoms. The Morgan fingerprint density at radius 3 is 2.49 bits per heavy atom. The van der Waals surface area contributed by atoms with Crippen LogP contribution in [0.4, 0.5) is 0 Å². The number of hydrogen-bond acceptors (Lipinski definition) is 6. The Morgan fingerprint density at radius 2 is 1.81 bits per heavy atom. The summed E-state index contributed by atoms with van der Waals surface area (Å²) in [5.74, 6) is -0.474. The van der Waals surface area contributed by atoms with Gasteiger partial charge in [0.05, 0.1) is 16.7 Å². The lowest BCUT2D eigenvalue weighted by Crippen LogP contribution is -2.40. The van der Waals surface area contributed by atoms with Gasteiger partial charge in [0.2, 0.25) is 5.91 Å². The van der Waals surface area contributed by atoms with Gasteiger partial charge in [-0.05, 0) is 48.2 Å². The van der Waals surface area contributed by atoms with Crippen LogP contribution in [0.2, 0.25) is 0 Å². The fourth-order valence-corrected chi connectivity index (χ4v) is 7.29. The van der Waals surface area contributed by atoms with Crippen LogP contribution in [0.15, 0.2) is 46.3 Å². The monoisotopic (exact) mass is 654 g/mol. The van der Waals surface area contributed by atoms with E-state index in [1.807, 2.05) is 36.7 Å². The Bertz CT molecular complexity index is 1500. The van der Waals surface area contributed by atoms with E-state index >= 15 is 0 Å². The molecular formula is C26H31IN4O4S2. The van der Waals surface area contributed by atoms with E-state index in [1.165, 1.54) is 16.9 Å². The standard InChI is InChI=1S/C26H31IN4O4S2/c1-17-24(25(33)28-2)36-26(30(17)3)29-21-8-11-31(12-9-21)23(32)10-13-37(34,35)22-7-6-19-14-18(16-27)4-5-20(19)15-22/h4-7,14-15,21H,8-13,16H2,1-3H3,(H,28,33)/b29-26-. The van der Waals surface area contributed by atoms with Gasteiger partial charge in [-0.15, -0.1) is 0 Å². The molecule has 0 spiro atoms. The smallest absolute Gasteiger partial charge is 0.263 e. The highest BCUT2D eigenvalue weighted by Crippen LogP contribution is 2.23. The molecule has 0 unspecified atom stereocenters. The third-order valence-electron chi connectivity index (χ3n) is 6.83. The number of carbonyl (C=O) groups excluding carboxylic acids is 2. The minimum atomic E-state index is -3.57. The number of thiazole rings is 1. The third-order valence-corrected chi connectivity index (χ3v) is 10.7. The summed E-state index contributed by atoms with van der Waals surface area (Å²) in [7, 11) is -0.0625. The molecule has 0 saturated carbocycles. The number of nitrogens with zero attached hydrogens (tertiary/aromatic N) is 3. The minimum Gasteiger partial charge on any atom is -0.354 e. The van der Waals surface area contributed by atoms with Crippen molar-refractivity contribution in [1.29, 1.82) is 0 Å². The first-order valence-corrected chi connectivity index (χ1v) is 16.1. The van der Waals surface area contributed by atoms with Crippen LogP contribution in [0, 0.1) is 6.92 Å². The first kappa shape index (κ1) is 27.8. The second kappa shape index (κ2) is 11.6. The second-order valence-corrected chi connectivity index (χ2v) is 13.1. The van der Waals surface area contributed by atoms with Gasteiger partial charge in [-0.3, -0.25) is 14.6 Å². The number of piperidine rings is 1. The number of amides is 2. The molecule has 0 atom stereocenters. The summed E-state index contributed by atoms with van der Waals surface area (Å²) in [6.07, 6.45) is 1.37. The van der Waals surface area contributed by atoms with E-state index in [4.69, 9.17) is 4.99 Å². The number of likely N-dealkylation sites (tertiary alicyclic amines) is 1. The molecule has 2 amide bonds. The third kappa shape index (κ3) is 6.26. The van der Waals surface area contributed by atoms with E-state index in [-0.39, 0.29) is 34.9 Å². The van der Waals surface area contributed by atoms with Crippen LogP contribution in [0.25, 0.3) is 10.8 Å². The van der Waals surface area contributed by atoms with Crippen molar-refractivity contribution in [2.24, 2.45) is 12.0 Å². The molecule has 2 aromatic carbocycles. The van der Waals surface area contributed by atoms with Gasteiger partial charge >= 0.3 is 0 Å². The molecule has 0 bridgehead atoms. The maximum atomic E-state index is 13.0. The molecule has 0 radical (unpaired) electrons. The minimum absolute atomic E-state index is 0.0372. The Balaban J connectivity index is 1.35. The Labute approximate surface area is 234 Å². The zero-order valence-corrected chi connectivity index (χ0v) is 25.0. The molecule has 3 aromatic rings. The van der Waals surface area contributed by atoms with Crippen molar-refractivity contribution < 1.29 is 18.0 Å². The average molecular weight is 655 g/mol. The molecule has 1 aromatic heterocycles. The molecule has 11 heteroatoms. The number of rotatable bonds is 7. The number of carbonyl (C=O) groups is 2. The summed E-state index contributed by atoms with van der Waals surface area (Å²) >= 11 is 3.67. The molecule has 1 N–H and O–H groups in total. The van der Waals surface area contributed by atoms with E-state index in [0.717, 1.165) is 25.7 Å². The van der Waals surface area contributed by atoms with E-state index in [0.29, 0.717) is 30.8 Å². The maximum Gasteiger partial charge on any atom is 0.263 e. The van der Waals surface area contributed by atoms with Crippen LogP contribution in [-0.4, -0.2) is 61.6 Å². The van der Waals surface area contributed by atoms with Crippen molar-refractivity contribution in [3.63, 3.8) is 0 Å². The quantitative estimate of drug-likeness (QED) is 0.311. The van der Waals surface area contributed by atoms with E-state index in [1.54, 1.807) is 24.1 Å². The molecule has 1 saturated heterocycles. The van der Waals surface area contributed by atoms with Crippen LogP contribution < -0.4 is 10.1 Å². The number of fused-ring (bicyclic) bond motifs is 1. The molecule has 0 aliphatic carbocycles. The molecule has 1 aliphatic heterocycles. The van der Waals surface area contributed by atoms with Gasteiger partial charge in [0.15, 0.2) is 14.6 Å². The predicted octanol–water partition coefficient (Wildman–Crippen LogP) is 3.60. The van der Waals surface area contributed by atoms with Gasteiger partial charge in [-0.25, -0.2) is 8.42 Å². The fourth-order valence-electron chi connectivity index (χ4n) is 4.41. The summed E-state index contributed by atoms with van der Waals surface area (Å²) in [5.41, 5.74) is 2.06. The Kier molecular flexibility index (Phi) is 8.74. The van der Waals surface area contributed by atoms with Gasteiger partial charge in [0.25, 0.3) is 5.91 Å². The van der Waals surface area contributed by atoms with Crippen LogP contribution in [0.5, 0.6) is 0 Å². The summed E-state index contributed by atoms with van der Waals surface area (Å²) in [5, 5.41) is 4.54. The largest absolute Gasteiger partial charge is 0.354 e. The van der Waals surface area contributed by atoms with Crippen molar-refractivity contribution in [2.75, 3.05) is 25.9 Å². The van der Waals surface area contributed by atoms with Gasteiger partial charge in [0.1, 0.15) is 4.88 Å². The first-order chi connectivity index (χ1) is 17.6. The lowest BCUT2D eigenvalue weighted by Gasteiger charge is -2.30. The average Bonchev–Trinajstić information content (AvgIpc) is 3.19. The van der Waals surface area contributed by atoms with Crippen LogP contribution >= 0.6 is 33.9 Å². The first-order valence-electron chi connectivity index (χ1n) is 12.1. The molecule has 198 valence electrons. The van der Waals surface area contributed by atoms with Crippen molar-refractivity contribution in [3.05, 3.63) is 57.3 Å². The summed E-state index contributed by atoms with van der Waals surface area (Å²) in [6.45, 7) is 2.98. The topological polar surface area (TPSA) is 101 Å². The zero-order valence-electron chi connectivity index (χ0n) is 21.2. The van der Waals surface area contributed by atoms with Crippen molar-refractivity contribution in [3.8, 4) is 0 Å². The summed E-state index contributed by atoms with van der Waals surface area (Å²) in [4.78, 5) is 33.2. The number of halogens is 1. The summed E-state index contributed by atoms with van der Waals surface area (Å²) in [6, 6.07) is 11.2. The molecular weight excluding hydrogens is 623 g/mol. The number of benzene rings is 2. The van der Waals surface area contributed by atoms with Crippen molar-refractivity contribution in [2.45, 2.75) is 41.6 Å². The van der Waals surface area contributed by atoms with Crippen LogP contribution in [0.1, 0.15) is 40.2 Å². The Morgan fingerprint density at radius 1 is 1.14 bits per heavy atom. The SMILES string of the molecule is CNC(=O)c1s/c(=N\C2CCN(C(=O)CCS(=O)(=O)c3ccc4cc(CI)ccc4c3)CC2)n(C)c1C. The van der Waals surface area contributed by atoms with Gasteiger partial charge in [-0.2, -0.15) is 0 Å². The molecule has 4 rings (SSSR count). The number of hydrogen-bond donors (Lipinski definition) is 1. The van der Waals surface area contributed by atoms with Crippen molar-refractivity contribution in [1.82, 2.24) is 14.8 Å². The lowest BCUT2D eigenvalue weighted by atomic mass is 10.1. The number of nitrogens with one attached hydrogen (secondary N) is 1. The van der Waals surface area contributed by atoms with E-state index < -0.39 is 9.84 Å². The Hall–Kier alpha value is -2.25. The van der Waals surface area contributed by atoms with Gasteiger partial charge in [0, 0.05) is 43.7 Å². The highest BCUT2D eigenvalue weighted by atomic mass is 127. The van der Waals surface area contributed by atoms with Crippen LogP contribution in [-0.2, 0) is 26.1 Å². The maximum absolute atomic E-state index is 13.0. The molecule has 1 fully saturated rings. The van der Waals surface area contributed by atoms with Crippen LogP contribution in [0.3, 0.4) is 0 Å². The molecule has 1 aliphatic rings. The number of sulfone groups is 1. The van der Waals surface area contributed by atoms with E-state index in [9.17, 15) is 18.0 Å².